The summed E-state index contributed by atoms with van der Waals surface area (Å²) in [7, 11) is -2.54. The van der Waals surface area contributed by atoms with Gasteiger partial charge in [-0.25, -0.2) is 13.9 Å². The van der Waals surface area contributed by atoms with Crippen molar-refractivity contribution in [2.45, 2.75) is 31.7 Å². The number of benzene rings is 1. The van der Waals surface area contributed by atoms with Gasteiger partial charge in [-0.1, -0.05) is 32.6 Å². The molecule has 144 valence electrons. The predicted molar refractivity (Wildman–Crippen MR) is 99.4 cm³/mol. The van der Waals surface area contributed by atoms with E-state index in [1.54, 1.807) is 32.3 Å². The zero-order valence-corrected chi connectivity index (χ0v) is 16.3. The van der Waals surface area contributed by atoms with E-state index in [0.29, 0.717) is 11.3 Å². The zero-order chi connectivity index (χ0) is 19.9. The third-order valence-corrected chi connectivity index (χ3v) is 5.80. The number of nitrogens with one attached hydrogen (secondary N) is 1. The number of sulfonamides is 1. The van der Waals surface area contributed by atoms with Crippen molar-refractivity contribution in [1.82, 2.24) is 9.79 Å². The molecule has 2 N–H and O–H groups in total. The van der Waals surface area contributed by atoms with Crippen LogP contribution in [0.4, 0.5) is 0 Å². The van der Waals surface area contributed by atoms with Crippen LogP contribution in [0.3, 0.4) is 0 Å². The molecular formula is C18H26N2O5S. The van der Waals surface area contributed by atoms with Crippen LogP contribution in [-0.2, 0) is 14.8 Å². The Labute approximate surface area is 155 Å². The molecule has 0 aliphatic heterocycles. The number of nitrogens with zero attached hydrogens (tertiary/aromatic N) is 1. The van der Waals surface area contributed by atoms with E-state index in [-0.39, 0.29) is 17.4 Å². The van der Waals surface area contributed by atoms with E-state index in [1.807, 2.05) is 0 Å². The molecule has 1 rings (SSSR count). The fourth-order valence-corrected chi connectivity index (χ4v) is 4.21. The standard InChI is InChI=1S/C18H26N2O5S/c1-6-14(7-2)12-20(17(13(3)4)18(21)19-22)26(23,24)16-10-8-15(25-5)9-11-16/h6-11,13,17,22H,1,12H2,2-5H3,(H,19,21)/b14-7+/t17-/m1/s1. The second-order valence-corrected chi connectivity index (χ2v) is 7.85. The van der Waals surface area contributed by atoms with Gasteiger partial charge in [0, 0.05) is 6.54 Å². The van der Waals surface area contributed by atoms with E-state index in [0.717, 1.165) is 4.31 Å². The highest BCUT2D eigenvalue weighted by Gasteiger charge is 2.38. The topological polar surface area (TPSA) is 95.9 Å². The van der Waals surface area contributed by atoms with Gasteiger partial charge >= 0.3 is 0 Å². The Bertz CT molecular complexity index is 754. The van der Waals surface area contributed by atoms with E-state index in [4.69, 9.17) is 9.94 Å². The van der Waals surface area contributed by atoms with Crippen LogP contribution in [0.25, 0.3) is 0 Å². The summed E-state index contributed by atoms with van der Waals surface area (Å²) in [5.74, 6) is -0.654. The van der Waals surface area contributed by atoms with Crippen molar-refractivity contribution < 1.29 is 23.2 Å². The van der Waals surface area contributed by atoms with Crippen molar-refractivity contribution in [1.29, 1.82) is 0 Å². The van der Waals surface area contributed by atoms with Crippen molar-refractivity contribution in [2.24, 2.45) is 5.92 Å². The molecule has 0 bridgehead atoms. The number of allylic oxidation sites excluding steroid dienone is 1. The molecule has 1 atom stereocenters. The molecule has 7 nitrogen and oxygen atoms in total. The van der Waals surface area contributed by atoms with Gasteiger partial charge in [-0.2, -0.15) is 4.31 Å². The van der Waals surface area contributed by atoms with Crippen molar-refractivity contribution in [3.05, 3.63) is 48.6 Å². The van der Waals surface area contributed by atoms with E-state index in [9.17, 15) is 13.2 Å². The number of hydrogen-bond acceptors (Lipinski definition) is 5. The number of methoxy groups -OCH3 is 1. The summed E-state index contributed by atoms with van der Waals surface area (Å²) >= 11 is 0. The van der Waals surface area contributed by atoms with Gasteiger partial charge < -0.3 is 4.74 Å². The highest BCUT2D eigenvalue weighted by atomic mass is 32.2. The largest absolute Gasteiger partial charge is 0.497 e. The number of rotatable bonds is 9. The Morgan fingerprint density at radius 3 is 2.31 bits per heavy atom. The number of carbonyl (C=O) groups excluding carboxylic acids is 1. The molecule has 0 saturated heterocycles. The number of amides is 1. The first-order valence-corrected chi connectivity index (χ1v) is 9.54. The van der Waals surface area contributed by atoms with Crippen molar-refractivity contribution in [2.75, 3.05) is 13.7 Å². The minimum atomic E-state index is -4.02. The first-order valence-electron chi connectivity index (χ1n) is 8.10. The van der Waals surface area contributed by atoms with Crippen LogP contribution < -0.4 is 10.2 Å². The molecule has 0 heterocycles. The van der Waals surface area contributed by atoms with Crippen LogP contribution in [0.15, 0.2) is 53.5 Å². The predicted octanol–water partition coefficient (Wildman–Crippen LogP) is 2.35. The molecule has 1 aromatic rings. The molecule has 0 aliphatic rings. The maximum Gasteiger partial charge on any atom is 0.262 e. The second-order valence-electron chi connectivity index (χ2n) is 5.96. The summed E-state index contributed by atoms with van der Waals surface area (Å²) in [6.45, 7) is 8.80. The van der Waals surface area contributed by atoms with Crippen molar-refractivity contribution >= 4 is 15.9 Å². The maximum absolute atomic E-state index is 13.2. The minimum Gasteiger partial charge on any atom is -0.497 e. The molecule has 1 aromatic carbocycles. The molecule has 0 saturated carbocycles. The Hall–Kier alpha value is -2.16. The van der Waals surface area contributed by atoms with Crippen molar-refractivity contribution in [3.8, 4) is 5.75 Å². The van der Waals surface area contributed by atoms with Crippen LogP contribution in [-0.4, -0.2) is 43.5 Å². The molecule has 8 heteroatoms. The van der Waals surface area contributed by atoms with Gasteiger partial charge in [0.15, 0.2) is 0 Å². The lowest BCUT2D eigenvalue weighted by molar-refractivity contribution is -0.134. The third-order valence-electron chi connectivity index (χ3n) is 3.96. The number of hydrogen-bond donors (Lipinski definition) is 2. The summed E-state index contributed by atoms with van der Waals surface area (Å²) in [6, 6.07) is 4.80. The fraction of sp³-hybridized carbons (Fsp3) is 0.389. The Balaban J connectivity index is 3.49. The van der Waals surface area contributed by atoms with Gasteiger partial charge in [-0.3, -0.25) is 10.0 Å². The number of carbonyl (C=O) groups is 1. The monoisotopic (exact) mass is 382 g/mol. The summed E-state index contributed by atoms with van der Waals surface area (Å²) in [4.78, 5) is 12.2. The van der Waals surface area contributed by atoms with Gasteiger partial charge in [-0.05, 0) is 42.7 Å². The lowest BCUT2D eigenvalue weighted by Gasteiger charge is -2.32. The fourth-order valence-electron chi connectivity index (χ4n) is 2.50. The minimum absolute atomic E-state index is 0.0224. The highest BCUT2D eigenvalue weighted by Crippen LogP contribution is 2.25. The zero-order valence-electron chi connectivity index (χ0n) is 15.5. The molecule has 0 radical (unpaired) electrons. The lowest BCUT2D eigenvalue weighted by Crippen LogP contribution is -2.52. The van der Waals surface area contributed by atoms with E-state index >= 15 is 0 Å². The molecule has 0 aromatic heterocycles. The summed E-state index contributed by atoms with van der Waals surface area (Å²) in [5, 5.41) is 9.08. The van der Waals surface area contributed by atoms with E-state index in [1.165, 1.54) is 37.5 Å². The average molecular weight is 382 g/mol. The Morgan fingerprint density at radius 2 is 1.92 bits per heavy atom. The molecule has 0 unspecified atom stereocenters. The summed E-state index contributed by atoms with van der Waals surface area (Å²) in [5.41, 5.74) is 2.21. The maximum atomic E-state index is 13.2. The first-order chi connectivity index (χ1) is 12.2. The average Bonchev–Trinajstić information content (AvgIpc) is 2.64. The quantitative estimate of drug-likeness (QED) is 0.388. The van der Waals surface area contributed by atoms with Crippen LogP contribution in [0.5, 0.6) is 5.75 Å². The van der Waals surface area contributed by atoms with Gasteiger partial charge in [0.2, 0.25) is 10.0 Å². The summed E-state index contributed by atoms with van der Waals surface area (Å²) in [6.07, 6.45) is 3.25. The molecular weight excluding hydrogens is 356 g/mol. The van der Waals surface area contributed by atoms with Crippen molar-refractivity contribution in [3.63, 3.8) is 0 Å². The Morgan fingerprint density at radius 1 is 1.35 bits per heavy atom. The normalized spacial score (nSPS) is 13.6. The first kappa shape index (κ1) is 21.9. The molecule has 0 aliphatic carbocycles. The van der Waals surface area contributed by atoms with Gasteiger partial charge in [0.25, 0.3) is 5.91 Å². The molecule has 1 amide bonds. The lowest BCUT2D eigenvalue weighted by atomic mass is 10.0. The van der Waals surface area contributed by atoms with E-state index < -0.39 is 22.0 Å². The number of hydroxylamine groups is 1. The smallest absolute Gasteiger partial charge is 0.262 e. The van der Waals surface area contributed by atoms with Crippen LogP contribution in [0.2, 0.25) is 0 Å². The van der Waals surface area contributed by atoms with Crippen LogP contribution in [0, 0.1) is 5.92 Å². The highest BCUT2D eigenvalue weighted by molar-refractivity contribution is 7.89. The molecule has 0 fully saturated rings. The van der Waals surface area contributed by atoms with Gasteiger partial charge in [0.05, 0.1) is 12.0 Å². The second kappa shape index (κ2) is 9.51. The molecule has 0 spiro atoms. The van der Waals surface area contributed by atoms with Crippen LogP contribution in [0.1, 0.15) is 20.8 Å². The number of ether oxygens (including phenoxy) is 1. The van der Waals surface area contributed by atoms with Gasteiger partial charge in [-0.15, -0.1) is 0 Å². The van der Waals surface area contributed by atoms with Crippen LogP contribution >= 0.6 is 0 Å². The Kier molecular flexibility index (Phi) is 8.01. The third kappa shape index (κ3) is 4.94. The van der Waals surface area contributed by atoms with E-state index in [2.05, 4.69) is 6.58 Å². The SMILES string of the molecule is C=C/C(=C\C)CN([C@@H](C(=O)NO)C(C)C)S(=O)(=O)c1ccc(OC)cc1. The molecule has 26 heavy (non-hydrogen) atoms. The summed E-state index contributed by atoms with van der Waals surface area (Å²) < 4.78 is 32.6. The van der Waals surface area contributed by atoms with Gasteiger partial charge in [0.1, 0.15) is 11.8 Å².